The topological polar surface area (TPSA) is 124 Å². The zero-order chi connectivity index (χ0) is 21.4. The van der Waals surface area contributed by atoms with E-state index in [1.54, 1.807) is 6.07 Å². The van der Waals surface area contributed by atoms with Crippen LogP contribution >= 0.6 is 0 Å². The minimum atomic E-state index is -3.77. The van der Waals surface area contributed by atoms with Crippen molar-refractivity contribution < 1.29 is 27.2 Å². The number of nitrogens with zero attached hydrogens (tertiary/aromatic N) is 3. The number of aromatic nitrogens is 2. The molecule has 1 unspecified atom stereocenters. The molecule has 0 spiro atoms. The number of anilines is 1. The zero-order valence-corrected chi connectivity index (χ0v) is 17.8. The maximum absolute atomic E-state index is 12.8. The number of hydrogen-bond acceptors (Lipinski definition) is 8. The van der Waals surface area contributed by atoms with Crippen LogP contribution in [0.1, 0.15) is 49.7 Å². The van der Waals surface area contributed by atoms with Crippen molar-refractivity contribution in [2.75, 3.05) is 24.7 Å². The Balaban J connectivity index is 1.36. The van der Waals surface area contributed by atoms with Crippen LogP contribution in [0.25, 0.3) is 0 Å². The van der Waals surface area contributed by atoms with Gasteiger partial charge in [-0.1, -0.05) is 11.6 Å². The molecular weight excluding hydrogens is 424 g/mol. The minimum absolute atomic E-state index is 0.0517. The van der Waals surface area contributed by atoms with Crippen LogP contribution in [0.2, 0.25) is 0 Å². The molecule has 2 aliphatic heterocycles. The summed E-state index contributed by atoms with van der Waals surface area (Å²) in [5, 5.41) is 4.00. The summed E-state index contributed by atoms with van der Waals surface area (Å²) in [6.45, 7) is 0.811. The van der Waals surface area contributed by atoms with Crippen molar-refractivity contribution in [3.63, 3.8) is 0 Å². The molecule has 3 aliphatic rings. The van der Waals surface area contributed by atoms with Gasteiger partial charge in [-0.25, -0.2) is 13.1 Å². The monoisotopic (exact) mass is 448 g/mol. The normalized spacial score (nSPS) is 21.6. The number of fused-ring (bicyclic) bond motifs is 1. The first-order valence-corrected chi connectivity index (χ1v) is 12.0. The first-order chi connectivity index (χ1) is 15.0. The first kappa shape index (κ1) is 20.4. The van der Waals surface area contributed by atoms with Gasteiger partial charge in [0.25, 0.3) is 5.91 Å². The second-order valence-corrected chi connectivity index (χ2v) is 9.83. The molecule has 5 rings (SSSR count). The average molecular weight is 449 g/mol. The van der Waals surface area contributed by atoms with Crippen molar-refractivity contribution >= 4 is 21.6 Å². The molecule has 1 saturated heterocycles. The summed E-state index contributed by atoms with van der Waals surface area (Å²) in [5.74, 6) is 1.40. The van der Waals surface area contributed by atoms with E-state index in [4.69, 9.17) is 14.0 Å². The van der Waals surface area contributed by atoms with Crippen molar-refractivity contribution in [1.29, 1.82) is 0 Å². The van der Waals surface area contributed by atoms with Gasteiger partial charge in [-0.15, -0.1) is 0 Å². The Bertz CT molecular complexity index is 1080. The van der Waals surface area contributed by atoms with Gasteiger partial charge < -0.3 is 14.0 Å². The number of nitrogens with one attached hydrogen (secondary N) is 1. The van der Waals surface area contributed by atoms with Crippen LogP contribution < -0.4 is 14.4 Å². The SMILES string of the molecule is O=C1COc2ccc(S(=O)(=O)NCC3CCCO3)cc2N1Cc1noc(C2CCC2)n1. The molecule has 1 saturated carbocycles. The molecule has 31 heavy (non-hydrogen) atoms. The Morgan fingerprint density at radius 3 is 2.81 bits per heavy atom. The van der Waals surface area contributed by atoms with Gasteiger partial charge >= 0.3 is 0 Å². The predicted molar refractivity (Wildman–Crippen MR) is 108 cm³/mol. The highest BCUT2D eigenvalue weighted by atomic mass is 32.2. The van der Waals surface area contributed by atoms with Gasteiger partial charge in [-0.05, 0) is 43.9 Å². The van der Waals surface area contributed by atoms with Crippen molar-refractivity contribution in [1.82, 2.24) is 14.9 Å². The van der Waals surface area contributed by atoms with E-state index < -0.39 is 10.0 Å². The van der Waals surface area contributed by atoms with E-state index in [1.807, 2.05) is 0 Å². The highest BCUT2D eigenvalue weighted by Crippen LogP contribution is 2.37. The molecule has 2 aromatic rings. The molecule has 2 fully saturated rings. The number of amides is 1. The van der Waals surface area contributed by atoms with Crippen LogP contribution in [0.15, 0.2) is 27.6 Å². The van der Waals surface area contributed by atoms with Gasteiger partial charge in [0.15, 0.2) is 12.4 Å². The van der Waals surface area contributed by atoms with Gasteiger partial charge in [0, 0.05) is 19.1 Å². The number of benzene rings is 1. The third-order valence-electron chi connectivity index (χ3n) is 5.95. The number of ether oxygens (including phenoxy) is 2. The molecule has 166 valence electrons. The van der Waals surface area contributed by atoms with Crippen LogP contribution in [0, 0.1) is 0 Å². The minimum Gasteiger partial charge on any atom is -0.482 e. The van der Waals surface area contributed by atoms with E-state index in [1.165, 1.54) is 17.0 Å². The molecule has 1 atom stereocenters. The molecule has 11 heteroatoms. The summed E-state index contributed by atoms with van der Waals surface area (Å²) in [7, 11) is -3.77. The van der Waals surface area contributed by atoms with E-state index >= 15 is 0 Å². The number of carbonyl (C=O) groups excluding carboxylic acids is 1. The fraction of sp³-hybridized carbons (Fsp3) is 0.550. The van der Waals surface area contributed by atoms with Crippen LogP contribution in [0.5, 0.6) is 5.75 Å². The Hall–Kier alpha value is -2.50. The third-order valence-corrected chi connectivity index (χ3v) is 7.37. The molecule has 10 nitrogen and oxygen atoms in total. The molecular formula is C20H24N4O6S. The highest BCUT2D eigenvalue weighted by Gasteiger charge is 2.31. The van der Waals surface area contributed by atoms with Crippen LogP contribution in [0.4, 0.5) is 5.69 Å². The largest absolute Gasteiger partial charge is 0.482 e. The standard InChI is InChI=1S/C20H24N4O6S/c25-19-12-29-17-7-6-15(31(26,27)21-10-14-5-2-8-28-14)9-16(17)24(19)11-18-22-20(30-23-18)13-3-1-4-13/h6-7,9,13-14,21H,1-5,8,10-12H2. The summed E-state index contributed by atoms with van der Waals surface area (Å²) in [6.07, 6.45) is 4.85. The molecule has 3 heterocycles. The van der Waals surface area contributed by atoms with Gasteiger partial charge in [0.1, 0.15) is 5.75 Å². The molecule has 1 N–H and O–H groups in total. The van der Waals surface area contributed by atoms with Crippen molar-refractivity contribution in [2.45, 2.75) is 55.6 Å². The Kier molecular flexibility index (Phi) is 5.40. The second-order valence-electron chi connectivity index (χ2n) is 8.06. The maximum atomic E-state index is 12.8. The lowest BCUT2D eigenvalue weighted by molar-refractivity contribution is -0.121. The second kappa shape index (κ2) is 8.21. The lowest BCUT2D eigenvalue weighted by Crippen LogP contribution is -2.39. The van der Waals surface area contributed by atoms with E-state index in [9.17, 15) is 13.2 Å². The van der Waals surface area contributed by atoms with Crippen LogP contribution in [0.3, 0.4) is 0 Å². The lowest BCUT2D eigenvalue weighted by Gasteiger charge is -2.28. The highest BCUT2D eigenvalue weighted by molar-refractivity contribution is 7.89. The fourth-order valence-electron chi connectivity index (χ4n) is 3.91. The lowest BCUT2D eigenvalue weighted by atomic mass is 9.85. The molecule has 0 radical (unpaired) electrons. The number of hydrogen-bond donors (Lipinski definition) is 1. The Morgan fingerprint density at radius 2 is 2.06 bits per heavy atom. The maximum Gasteiger partial charge on any atom is 0.265 e. The zero-order valence-electron chi connectivity index (χ0n) is 17.0. The van der Waals surface area contributed by atoms with Gasteiger partial charge in [-0.3, -0.25) is 9.69 Å². The summed E-state index contributed by atoms with van der Waals surface area (Å²) in [5.41, 5.74) is 0.367. The Labute approximate surface area is 179 Å². The smallest absolute Gasteiger partial charge is 0.265 e. The van der Waals surface area contributed by atoms with Gasteiger partial charge in [-0.2, -0.15) is 4.98 Å². The fourth-order valence-corrected chi connectivity index (χ4v) is 4.99. The van der Waals surface area contributed by atoms with E-state index in [0.29, 0.717) is 35.7 Å². The third kappa shape index (κ3) is 4.17. The quantitative estimate of drug-likeness (QED) is 0.679. The summed E-state index contributed by atoms with van der Waals surface area (Å²) < 4.78 is 44.5. The van der Waals surface area contributed by atoms with Crippen molar-refractivity contribution in [2.24, 2.45) is 0 Å². The molecule has 1 aromatic heterocycles. The van der Waals surface area contributed by atoms with E-state index in [2.05, 4.69) is 14.9 Å². The number of rotatable bonds is 7. The molecule has 1 amide bonds. The van der Waals surface area contributed by atoms with Crippen molar-refractivity contribution in [3.05, 3.63) is 29.9 Å². The Morgan fingerprint density at radius 1 is 1.19 bits per heavy atom. The number of carbonyl (C=O) groups is 1. The predicted octanol–water partition coefficient (Wildman–Crippen LogP) is 1.72. The van der Waals surface area contributed by atoms with Crippen LogP contribution in [-0.2, 0) is 26.1 Å². The van der Waals surface area contributed by atoms with Gasteiger partial charge in [0.05, 0.1) is 23.2 Å². The molecule has 0 bridgehead atoms. The summed E-state index contributed by atoms with van der Waals surface area (Å²) >= 11 is 0. The van der Waals surface area contributed by atoms with Crippen LogP contribution in [-0.4, -0.2) is 50.3 Å². The van der Waals surface area contributed by atoms with E-state index in [-0.39, 0.29) is 36.6 Å². The summed E-state index contributed by atoms with van der Waals surface area (Å²) in [6, 6.07) is 4.47. The van der Waals surface area contributed by atoms with E-state index in [0.717, 1.165) is 32.1 Å². The summed E-state index contributed by atoms with van der Waals surface area (Å²) in [4.78, 5) is 18.5. The average Bonchev–Trinajstić information content (AvgIpc) is 3.39. The molecule has 1 aliphatic carbocycles. The number of sulfonamides is 1. The molecule has 1 aromatic carbocycles. The van der Waals surface area contributed by atoms with Crippen molar-refractivity contribution in [3.8, 4) is 5.75 Å². The first-order valence-electron chi connectivity index (χ1n) is 10.5. The van der Waals surface area contributed by atoms with Gasteiger partial charge in [0.2, 0.25) is 15.9 Å².